The molecule has 2 aliphatic rings. The molecule has 0 fully saturated rings. The first-order chi connectivity index (χ1) is 28.3. The fourth-order valence-electron chi connectivity index (χ4n) is 9.52. The summed E-state index contributed by atoms with van der Waals surface area (Å²) in [5, 5.41) is 2.61. The standard InChI is InChI=1S/C54H35NS2/c1-3-17-36(18-4-1)39-25-16-28-47(53(39)46-27-15-26-45-40-21-7-11-29-48(40)56-54(45)46)55(37-19-5-2-6-20-37)38-33-34-44-43-24-10-14-32-51(43)57(52(44)35-38)49-30-12-8-22-41(49)42-23-9-13-31-50(42)57/h1-35H. The van der Waals surface area contributed by atoms with E-state index in [2.05, 4.69) is 217 Å². The van der Waals surface area contributed by atoms with E-state index in [0.29, 0.717) is 0 Å². The second-order valence-electron chi connectivity index (χ2n) is 14.8. The lowest BCUT2D eigenvalue weighted by atomic mass is 9.91. The van der Waals surface area contributed by atoms with E-state index in [0.717, 1.165) is 17.1 Å². The maximum Gasteiger partial charge on any atom is 0.0546 e. The minimum Gasteiger partial charge on any atom is -0.310 e. The number of anilines is 3. The number of thiophene rings is 1. The number of para-hydroxylation sites is 1. The first-order valence-corrected chi connectivity index (χ1v) is 22.0. The zero-order valence-electron chi connectivity index (χ0n) is 31.0. The highest BCUT2D eigenvalue weighted by Gasteiger charge is 2.48. The highest BCUT2D eigenvalue weighted by atomic mass is 32.3. The van der Waals surface area contributed by atoms with Crippen LogP contribution >= 0.6 is 21.4 Å². The Kier molecular flexibility index (Phi) is 7.25. The van der Waals surface area contributed by atoms with Crippen LogP contribution in [0.4, 0.5) is 17.1 Å². The number of rotatable bonds is 5. The van der Waals surface area contributed by atoms with Crippen LogP contribution in [0.5, 0.6) is 0 Å². The predicted molar refractivity (Wildman–Crippen MR) is 243 cm³/mol. The summed E-state index contributed by atoms with van der Waals surface area (Å²) in [6.45, 7) is 0. The van der Waals surface area contributed by atoms with E-state index in [-0.39, 0.29) is 0 Å². The number of hydrogen-bond donors (Lipinski definition) is 0. The Bertz CT molecular complexity index is 3130. The van der Waals surface area contributed by atoms with Gasteiger partial charge in [0.1, 0.15) is 0 Å². The predicted octanol–water partition coefficient (Wildman–Crippen LogP) is 16.2. The van der Waals surface area contributed by atoms with Gasteiger partial charge in [-0.1, -0.05) is 158 Å². The first kappa shape index (κ1) is 32.6. The molecule has 0 radical (unpaired) electrons. The molecule has 0 N–H and O–H groups in total. The van der Waals surface area contributed by atoms with Crippen LogP contribution in [-0.4, -0.2) is 0 Å². The van der Waals surface area contributed by atoms with Crippen molar-refractivity contribution in [2.75, 3.05) is 4.90 Å². The second-order valence-corrected chi connectivity index (χ2v) is 18.8. The topological polar surface area (TPSA) is 3.24 Å². The summed E-state index contributed by atoms with van der Waals surface area (Å²) in [5.41, 5.74) is 13.7. The number of nitrogens with zero attached hydrogens (tertiary/aromatic N) is 1. The van der Waals surface area contributed by atoms with Crippen LogP contribution in [0.25, 0.3) is 64.7 Å². The first-order valence-electron chi connectivity index (χ1n) is 19.5. The molecule has 0 saturated carbocycles. The molecule has 57 heavy (non-hydrogen) atoms. The lowest BCUT2D eigenvalue weighted by Crippen LogP contribution is -2.12. The molecule has 268 valence electrons. The van der Waals surface area contributed by atoms with Gasteiger partial charge in [0.25, 0.3) is 0 Å². The van der Waals surface area contributed by atoms with Crippen molar-refractivity contribution in [1.29, 1.82) is 0 Å². The molecule has 3 heterocycles. The summed E-state index contributed by atoms with van der Waals surface area (Å²) >= 11 is 1.89. The summed E-state index contributed by atoms with van der Waals surface area (Å²) in [6, 6.07) is 79.1. The fraction of sp³-hybridized carbons (Fsp3) is 0. The summed E-state index contributed by atoms with van der Waals surface area (Å²) in [7, 11) is -1.77. The van der Waals surface area contributed by atoms with Gasteiger partial charge in [-0.25, -0.2) is 0 Å². The third kappa shape index (κ3) is 4.64. The number of benzene rings is 9. The molecular weight excluding hydrogens is 727 g/mol. The number of fused-ring (bicyclic) bond motifs is 13. The quantitative estimate of drug-likeness (QED) is 0.169. The molecule has 2 aliphatic heterocycles. The normalized spacial score (nSPS) is 13.6. The van der Waals surface area contributed by atoms with Crippen LogP contribution in [0.3, 0.4) is 0 Å². The average molecular weight is 762 g/mol. The lowest BCUT2D eigenvalue weighted by molar-refractivity contribution is 1.26. The fourth-order valence-corrected chi connectivity index (χ4v) is 15.3. The highest BCUT2D eigenvalue weighted by Crippen LogP contribution is 2.85. The van der Waals surface area contributed by atoms with E-state index in [1.165, 1.54) is 84.3 Å². The van der Waals surface area contributed by atoms with Crippen molar-refractivity contribution in [2.45, 2.75) is 19.6 Å². The van der Waals surface area contributed by atoms with Gasteiger partial charge in [-0.05, 0) is 88.0 Å². The molecule has 0 unspecified atom stereocenters. The van der Waals surface area contributed by atoms with Crippen molar-refractivity contribution in [3.63, 3.8) is 0 Å². The molecule has 1 nitrogen and oxygen atoms in total. The van der Waals surface area contributed by atoms with Crippen molar-refractivity contribution in [3.05, 3.63) is 212 Å². The Labute approximate surface area is 338 Å². The van der Waals surface area contributed by atoms with Crippen LogP contribution in [-0.2, 0) is 0 Å². The summed E-state index contributed by atoms with van der Waals surface area (Å²) in [5.74, 6) is 0. The second kappa shape index (κ2) is 12.7. The van der Waals surface area contributed by atoms with Crippen LogP contribution in [0.2, 0.25) is 0 Å². The summed E-state index contributed by atoms with van der Waals surface area (Å²) < 4.78 is 2.62. The highest BCUT2D eigenvalue weighted by molar-refractivity contribution is 8.34. The van der Waals surface area contributed by atoms with Gasteiger partial charge in [0.15, 0.2) is 0 Å². The van der Waals surface area contributed by atoms with E-state index in [9.17, 15) is 0 Å². The van der Waals surface area contributed by atoms with Gasteiger partial charge in [0, 0.05) is 62.3 Å². The maximum atomic E-state index is 2.54. The SMILES string of the molecule is c1ccc(-c2cccc(N(c3ccccc3)c3ccc4c(c3)S3(c5ccccc5-c5ccccc53)c3ccccc3-4)c2-c2cccc3c2sc2ccccc23)cc1. The van der Waals surface area contributed by atoms with Gasteiger partial charge < -0.3 is 4.90 Å². The molecule has 1 aromatic heterocycles. The van der Waals surface area contributed by atoms with Gasteiger partial charge in [-0.2, -0.15) is 0 Å². The minimum absolute atomic E-state index is 1.12. The minimum atomic E-state index is -1.77. The third-order valence-corrected chi connectivity index (χ3v) is 17.1. The van der Waals surface area contributed by atoms with E-state index >= 15 is 0 Å². The lowest BCUT2D eigenvalue weighted by Gasteiger charge is -2.37. The molecule has 9 aromatic carbocycles. The van der Waals surface area contributed by atoms with Gasteiger partial charge >= 0.3 is 0 Å². The van der Waals surface area contributed by atoms with E-state index in [1.807, 2.05) is 11.3 Å². The molecule has 0 amide bonds. The molecule has 0 saturated heterocycles. The molecule has 3 heteroatoms. The van der Waals surface area contributed by atoms with E-state index in [1.54, 1.807) is 0 Å². The average Bonchev–Trinajstić information content (AvgIpc) is 3.91. The monoisotopic (exact) mass is 761 g/mol. The van der Waals surface area contributed by atoms with Crippen LogP contribution in [0.1, 0.15) is 0 Å². The molecule has 12 rings (SSSR count). The Balaban J connectivity index is 1.17. The molecule has 0 bridgehead atoms. The van der Waals surface area contributed by atoms with Crippen molar-refractivity contribution < 1.29 is 0 Å². The summed E-state index contributed by atoms with van der Waals surface area (Å²) in [6.07, 6.45) is 0. The zero-order valence-corrected chi connectivity index (χ0v) is 32.6. The molecule has 0 aliphatic carbocycles. The molecule has 10 aromatic rings. The molecule has 0 atom stereocenters. The van der Waals surface area contributed by atoms with Crippen molar-refractivity contribution in [1.82, 2.24) is 0 Å². The summed E-state index contributed by atoms with van der Waals surface area (Å²) in [4.78, 5) is 8.22. The van der Waals surface area contributed by atoms with Crippen LogP contribution in [0.15, 0.2) is 232 Å². The molecular formula is C54H35NS2. The van der Waals surface area contributed by atoms with E-state index in [4.69, 9.17) is 0 Å². The smallest absolute Gasteiger partial charge is 0.0546 e. The van der Waals surface area contributed by atoms with Gasteiger partial charge in [-0.15, -0.1) is 21.4 Å². The van der Waals surface area contributed by atoms with Gasteiger partial charge in [0.05, 0.1) is 5.69 Å². The molecule has 1 spiro atoms. The van der Waals surface area contributed by atoms with Crippen molar-refractivity contribution in [3.8, 4) is 44.5 Å². The van der Waals surface area contributed by atoms with Gasteiger partial charge in [-0.3, -0.25) is 0 Å². The number of hydrogen-bond acceptors (Lipinski definition) is 2. The van der Waals surface area contributed by atoms with Crippen molar-refractivity contribution >= 4 is 58.6 Å². The Morgan fingerprint density at radius 1 is 0.351 bits per heavy atom. The van der Waals surface area contributed by atoms with E-state index < -0.39 is 10.0 Å². The Hall–Kier alpha value is -6.65. The zero-order chi connectivity index (χ0) is 37.5. The third-order valence-electron chi connectivity index (χ3n) is 11.8. The van der Waals surface area contributed by atoms with Crippen molar-refractivity contribution in [2.24, 2.45) is 0 Å². The van der Waals surface area contributed by atoms with Crippen LogP contribution < -0.4 is 4.90 Å². The Morgan fingerprint density at radius 2 is 0.877 bits per heavy atom. The van der Waals surface area contributed by atoms with Crippen LogP contribution in [0, 0.1) is 0 Å². The maximum absolute atomic E-state index is 2.54. The Morgan fingerprint density at radius 3 is 1.58 bits per heavy atom. The van der Waals surface area contributed by atoms with Gasteiger partial charge in [0.2, 0.25) is 0 Å². The largest absolute Gasteiger partial charge is 0.310 e.